The summed E-state index contributed by atoms with van der Waals surface area (Å²) in [5.74, 6) is -0.180. The van der Waals surface area contributed by atoms with Gasteiger partial charge in [-0.2, -0.15) is 0 Å². The lowest BCUT2D eigenvalue weighted by Gasteiger charge is -2.30. The molecule has 4 nitrogen and oxygen atoms in total. The molecule has 4 heteroatoms. The van der Waals surface area contributed by atoms with Gasteiger partial charge in [0.25, 0.3) is 0 Å². The predicted octanol–water partition coefficient (Wildman–Crippen LogP) is 1.49. The van der Waals surface area contributed by atoms with Crippen LogP contribution in [0.4, 0.5) is 0 Å². The Morgan fingerprint density at radius 3 is 3.07 bits per heavy atom. The molecule has 0 bridgehead atoms. The van der Waals surface area contributed by atoms with Crippen LogP contribution in [-0.4, -0.2) is 24.7 Å². The summed E-state index contributed by atoms with van der Waals surface area (Å²) in [5, 5.41) is 0. The average Bonchev–Trinajstić information content (AvgIpc) is 2.18. The van der Waals surface area contributed by atoms with E-state index in [1.165, 1.54) is 0 Å². The summed E-state index contributed by atoms with van der Waals surface area (Å²) in [5.41, 5.74) is 0. The van der Waals surface area contributed by atoms with Crippen molar-refractivity contribution in [1.29, 1.82) is 0 Å². The fourth-order valence-electron chi connectivity index (χ4n) is 2.05. The molecule has 2 rings (SSSR count). The van der Waals surface area contributed by atoms with Crippen molar-refractivity contribution in [2.75, 3.05) is 6.61 Å². The number of rotatable bonds is 1. The molecule has 0 saturated heterocycles. The fraction of sp³-hybridized carbons (Fsp3) is 0.800. The van der Waals surface area contributed by atoms with Crippen LogP contribution in [0.3, 0.4) is 0 Å². The standard InChI is InChI=1S/C10H15NO3/c1-2-13-10-11-8-6-4-3-5-7(8)9(12)14-10/h7-8H,2-6H2,1H3. The highest BCUT2D eigenvalue weighted by Crippen LogP contribution is 2.30. The second-order valence-electron chi connectivity index (χ2n) is 3.71. The molecule has 78 valence electrons. The van der Waals surface area contributed by atoms with Crippen LogP contribution in [-0.2, 0) is 14.3 Å². The summed E-state index contributed by atoms with van der Waals surface area (Å²) in [6.45, 7) is 2.34. The van der Waals surface area contributed by atoms with Crippen molar-refractivity contribution in [3.8, 4) is 0 Å². The first kappa shape index (κ1) is 9.49. The van der Waals surface area contributed by atoms with Gasteiger partial charge in [0.15, 0.2) is 0 Å². The van der Waals surface area contributed by atoms with Crippen LogP contribution in [0, 0.1) is 5.92 Å². The molecule has 2 atom stereocenters. The van der Waals surface area contributed by atoms with Crippen molar-refractivity contribution >= 4 is 12.1 Å². The molecule has 2 unspecified atom stereocenters. The summed E-state index contributed by atoms with van der Waals surface area (Å²) in [6, 6.07) is 0.103. The Kier molecular flexibility index (Phi) is 2.70. The van der Waals surface area contributed by atoms with E-state index in [0.29, 0.717) is 6.61 Å². The van der Waals surface area contributed by atoms with Crippen molar-refractivity contribution < 1.29 is 14.3 Å². The zero-order valence-corrected chi connectivity index (χ0v) is 8.36. The third-order valence-electron chi connectivity index (χ3n) is 2.76. The summed E-state index contributed by atoms with van der Waals surface area (Å²) in [7, 11) is 0. The molecule has 0 aromatic carbocycles. The van der Waals surface area contributed by atoms with Crippen LogP contribution in [0.2, 0.25) is 0 Å². The molecule has 1 heterocycles. The number of nitrogens with zero attached hydrogens (tertiary/aromatic N) is 1. The molecule has 0 radical (unpaired) electrons. The third-order valence-corrected chi connectivity index (χ3v) is 2.76. The van der Waals surface area contributed by atoms with Gasteiger partial charge in [0.05, 0.1) is 18.6 Å². The minimum Gasteiger partial charge on any atom is -0.451 e. The largest absolute Gasteiger partial charge is 0.451 e. The zero-order chi connectivity index (χ0) is 9.97. The normalized spacial score (nSPS) is 31.5. The van der Waals surface area contributed by atoms with Crippen molar-refractivity contribution in [1.82, 2.24) is 0 Å². The van der Waals surface area contributed by atoms with Gasteiger partial charge in [-0.3, -0.25) is 4.79 Å². The Morgan fingerprint density at radius 1 is 1.50 bits per heavy atom. The van der Waals surface area contributed by atoms with Gasteiger partial charge in [0.1, 0.15) is 0 Å². The lowest BCUT2D eigenvalue weighted by atomic mass is 9.84. The number of ether oxygens (including phenoxy) is 2. The highest BCUT2D eigenvalue weighted by atomic mass is 16.7. The molecule has 1 fully saturated rings. The van der Waals surface area contributed by atoms with Crippen molar-refractivity contribution in [2.45, 2.75) is 38.6 Å². The fourth-order valence-corrected chi connectivity index (χ4v) is 2.05. The Labute approximate surface area is 83.3 Å². The van der Waals surface area contributed by atoms with E-state index in [1.807, 2.05) is 6.92 Å². The Morgan fingerprint density at radius 2 is 2.29 bits per heavy atom. The summed E-state index contributed by atoms with van der Waals surface area (Å²) >= 11 is 0. The molecule has 1 aliphatic carbocycles. The maximum absolute atomic E-state index is 11.5. The van der Waals surface area contributed by atoms with Gasteiger partial charge in [-0.15, -0.1) is 0 Å². The van der Waals surface area contributed by atoms with Gasteiger partial charge in [-0.1, -0.05) is 12.8 Å². The molecule has 14 heavy (non-hydrogen) atoms. The van der Waals surface area contributed by atoms with Gasteiger partial charge < -0.3 is 9.47 Å². The number of hydrogen-bond acceptors (Lipinski definition) is 4. The second kappa shape index (κ2) is 3.98. The number of cyclic esters (lactones) is 1. The van der Waals surface area contributed by atoms with Crippen molar-refractivity contribution in [3.05, 3.63) is 0 Å². The van der Waals surface area contributed by atoms with Crippen molar-refractivity contribution in [2.24, 2.45) is 10.9 Å². The first-order chi connectivity index (χ1) is 6.81. The van der Waals surface area contributed by atoms with Crippen LogP contribution in [0.1, 0.15) is 32.6 Å². The number of esters is 1. The highest BCUT2D eigenvalue weighted by Gasteiger charge is 2.37. The first-order valence-corrected chi connectivity index (χ1v) is 5.23. The Bertz CT molecular complexity index is 262. The maximum Gasteiger partial charge on any atom is 0.391 e. The van der Waals surface area contributed by atoms with Gasteiger partial charge in [-0.25, -0.2) is 4.99 Å². The maximum atomic E-state index is 11.5. The Balaban J connectivity index is 2.10. The molecule has 0 aromatic rings. The molecule has 1 saturated carbocycles. The van der Waals surface area contributed by atoms with E-state index in [0.717, 1.165) is 25.7 Å². The van der Waals surface area contributed by atoms with E-state index < -0.39 is 0 Å². The average molecular weight is 197 g/mol. The van der Waals surface area contributed by atoms with E-state index in [-0.39, 0.29) is 24.0 Å². The summed E-state index contributed by atoms with van der Waals surface area (Å²) < 4.78 is 10.1. The quantitative estimate of drug-likeness (QED) is 0.598. The van der Waals surface area contributed by atoms with E-state index in [1.54, 1.807) is 0 Å². The molecule has 0 spiro atoms. The Hall–Kier alpha value is -1.06. The monoisotopic (exact) mass is 197 g/mol. The first-order valence-electron chi connectivity index (χ1n) is 5.23. The van der Waals surface area contributed by atoms with Gasteiger partial charge >= 0.3 is 12.1 Å². The van der Waals surface area contributed by atoms with Gasteiger partial charge in [-0.05, 0) is 19.8 Å². The molecule has 0 amide bonds. The minimum atomic E-state index is -0.159. The molecule has 0 N–H and O–H groups in total. The molecule has 1 aliphatic heterocycles. The van der Waals surface area contributed by atoms with Gasteiger partial charge in [0, 0.05) is 0 Å². The lowest BCUT2D eigenvalue weighted by Crippen LogP contribution is -2.38. The number of aliphatic imine (C=N–C) groups is 1. The highest BCUT2D eigenvalue weighted by molar-refractivity contribution is 5.88. The second-order valence-corrected chi connectivity index (χ2v) is 3.71. The van der Waals surface area contributed by atoms with Crippen molar-refractivity contribution in [3.63, 3.8) is 0 Å². The number of carbonyl (C=O) groups excluding carboxylic acids is 1. The van der Waals surface area contributed by atoms with E-state index in [2.05, 4.69) is 4.99 Å². The lowest BCUT2D eigenvalue weighted by molar-refractivity contribution is -0.145. The molecule has 0 aromatic heterocycles. The van der Waals surface area contributed by atoms with Crippen LogP contribution < -0.4 is 0 Å². The van der Waals surface area contributed by atoms with Crippen LogP contribution >= 0.6 is 0 Å². The van der Waals surface area contributed by atoms with Crippen LogP contribution in [0.25, 0.3) is 0 Å². The molecular weight excluding hydrogens is 182 g/mol. The summed E-state index contributed by atoms with van der Waals surface area (Å²) in [6.07, 6.45) is 4.32. The summed E-state index contributed by atoms with van der Waals surface area (Å²) in [4.78, 5) is 15.8. The number of fused-ring (bicyclic) bond motifs is 1. The number of hydrogen-bond donors (Lipinski definition) is 0. The zero-order valence-electron chi connectivity index (χ0n) is 8.36. The topological polar surface area (TPSA) is 47.9 Å². The van der Waals surface area contributed by atoms with E-state index in [4.69, 9.17) is 9.47 Å². The van der Waals surface area contributed by atoms with Crippen LogP contribution in [0.5, 0.6) is 0 Å². The van der Waals surface area contributed by atoms with Gasteiger partial charge in [0.2, 0.25) is 0 Å². The molecular formula is C10H15NO3. The minimum absolute atomic E-state index is 0.0204. The third kappa shape index (κ3) is 1.74. The number of carbonyl (C=O) groups is 1. The van der Waals surface area contributed by atoms with E-state index >= 15 is 0 Å². The van der Waals surface area contributed by atoms with E-state index in [9.17, 15) is 4.79 Å². The smallest absolute Gasteiger partial charge is 0.391 e. The SMILES string of the molecule is CCOC1=NC2CCCCC2C(=O)O1. The molecule has 2 aliphatic rings. The van der Waals surface area contributed by atoms with Crippen LogP contribution in [0.15, 0.2) is 4.99 Å². The predicted molar refractivity (Wildman–Crippen MR) is 50.9 cm³/mol.